The van der Waals surface area contributed by atoms with Gasteiger partial charge in [-0.2, -0.15) is 0 Å². The number of hydrogen-bond donors (Lipinski definition) is 1. The fraction of sp³-hybridized carbons (Fsp3) is 0.562. The molecule has 1 N–H and O–H groups in total. The lowest BCUT2D eigenvalue weighted by atomic mass is 9.92. The van der Waals surface area contributed by atoms with E-state index >= 15 is 0 Å². The minimum atomic E-state index is -0.0221. The molecule has 0 radical (unpaired) electrons. The van der Waals surface area contributed by atoms with Gasteiger partial charge in [0.25, 0.3) is 0 Å². The molecule has 1 unspecified atom stereocenters. The molecule has 6 nitrogen and oxygen atoms in total. The molecule has 4 rings (SSSR count). The molecule has 2 fully saturated rings. The van der Waals surface area contributed by atoms with Crippen LogP contribution in [0.3, 0.4) is 0 Å². The number of fused-ring (bicyclic) bond motifs is 1. The number of amides is 3. The van der Waals surface area contributed by atoms with Gasteiger partial charge in [0.05, 0.1) is 6.04 Å². The standard InChI is InChI=1S/C32H44BrClN4O2/c1-5-22(2)18-27(33)20-25-6-7-26-21-28(34)8-9-29(26)31(23(25)3)37-16-14-36(15-17-37)30(39)19-24-10-12-38(13-11-24)32(40)35-4/h8-9,18,20-21,24,31H,5-7,10-17,19H2,1-4H3,(H,35,40)/b22-18+,27-20+. The summed E-state index contributed by atoms with van der Waals surface area (Å²) < 4.78 is 1.11. The normalized spacial score (nSPS) is 21.8. The van der Waals surface area contributed by atoms with E-state index in [2.05, 4.69) is 76.1 Å². The van der Waals surface area contributed by atoms with E-state index in [0.717, 1.165) is 80.9 Å². The van der Waals surface area contributed by atoms with Crippen LogP contribution in [0.5, 0.6) is 0 Å². The van der Waals surface area contributed by atoms with Crippen molar-refractivity contribution in [1.82, 2.24) is 20.0 Å². The van der Waals surface area contributed by atoms with Gasteiger partial charge in [0.1, 0.15) is 0 Å². The number of nitrogens with one attached hydrogen (secondary N) is 1. The first kappa shape index (κ1) is 30.9. The second-order valence-electron chi connectivity index (χ2n) is 11.4. The highest BCUT2D eigenvalue weighted by Crippen LogP contribution is 2.39. The molecule has 2 heterocycles. The molecule has 3 amide bonds. The van der Waals surface area contributed by atoms with Crippen LogP contribution in [0.25, 0.3) is 0 Å². The molecular weight excluding hydrogens is 588 g/mol. The maximum Gasteiger partial charge on any atom is 0.317 e. The van der Waals surface area contributed by atoms with Gasteiger partial charge in [-0.25, -0.2) is 4.79 Å². The number of hydrogen-bond acceptors (Lipinski definition) is 3. The lowest BCUT2D eigenvalue weighted by molar-refractivity contribution is -0.134. The fourth-order valence-electron chi connectivity index (χ4n) is 6.24. The van der Waals surface area contributed by atoms with Crippen molar-refractivity contribution in [2.24, 2.45) is 5.92 Å². The zero-order chi connectivity index (χ0) is 28.8. The summed E-state index contributed by atoms with van der Waals surface area (Å²) in [5.74, 6) is 0.609. The molecule has 0 saturated carbocycles. The van der Waals surface area contributed by atoms with E-state index < -0.39 is 0 Å². The van der Waals surface area contributed by atoms with Gasteiger partial charge in [0.15, 0.2) is 0 Å². The third-order valence-electron chi connectivity index (χ3n) is 8.85. The summed E-state index contributed by atoms with van der Waals surface area (Å²) in [5, 5.41) is 3.49. The van der Waals surface area contributed by atoms with Crippen LogP contribution in [0.2, 0.25) is 5.02 Å². The Labute approximate surface area is 253 Å². The minimum absolute atomic E-state index is 0.0221. The Morgan fingerprint density at radius 2 is 1.77 bits per heavy atom. The highest BCUT2D eigenvalue weighted by molar-refractivity contribution is 9.11. The molecule has 0 spiro atoms. The summed E-state index contributed by atoms with van der Waals surface area (Å²) in [7, 11) is 1.67. The molecule has 1 aliphatic carbocycles. The number of nitrogens with zero attached hydrogens (tertiary/aromatic N) is 3. The van der Waals surface area contributed by atoms with E-state index in [9.17, 15) is 9.59 Å². The van der Waals surface area contributed by atoms with Gasteiger partial charge in [0.2, 0.25) is 5.91 Å². The van der Waals surface area contributed by atoms with E-state index in [1.807, 2.05) is 11.0 Å². The molecule has 40 heavy (non-hydrogen) atoms. The molecule has 2 aliphatic heterocycles. The highest BCUT2D eigenvalue weighted by Gasteiger charge is 2.33. The van der Waals surface area contributed by atoms with Crippen molar-refractivity contribution in [2.45, 2.75) is 65.3 Å². The summed E-state index contributed by atoms with van der Waals surface area (Å²) in [5.41, 5.74) is 6.75. The van der Waals surface area contributed by atoms with Gasteiger partial charge in [-0.05, 0) is 98.4 Å². The molecule has 1 aromatic carbocycles. The first-order chi connectivity index (χ1) is 19.2. The van der Waals surface area contributed by atoms with Crippen molar-refractivity contribution in [1.29, 1.82) is 0 Å². The van der Waals surface area contributed by atoms with E-state index in [0.29, 0.717) is 12.3 Å². The number of allylic oxidation sites excluding steroid dienone is 5. The average Bonchev–Trinajstić information content (AvgIpc) is 3.08. The Morgan fingerprint density at radius 1 is 1.07 bits per heavy atom. The SMILES string of the molecule is CC/C(C)=C/C(Br)=C\C1=C(C)C(N2CCN(C(=O)CC3CCN(C(=O)NC)CC3)CC2)c2ccc(Cl)cc2CC1. The summed E-state index contributed by atoms with van der Waals surface area (Å²) in [6, 6.07) is 6.50. The molecule has 2 saturated heterocycles. The Kier molecular flexibility index (Phi) is 10.9. The number of aryl methyl sites for hydroxylation is 1. The van der Waals surface area contributed by atoms with E-state index in [4.69, 9.17) is 11.6 Å². The van der Waals surface area contributed by atoms with Gasteiger partial charge in [-0.15, -0.1) is 0 Å². The number of benzene rings is 1. The van der Waals surface area contributed by atoms with Crippen LogP contribution >= 0.6 is 27.5 Å². The summed E-state index contributed by atoms with van der Waals surface area (Å²) in [4.78, 5) is 31.6. The van der Waals surface area contributed by atoms with Crippen molar-refractivity contribution in [3.8, 4) is 0 Å². The largest absolute Gasteiger partial charge is 0.341 e. The molecule has 1 aromatic rings. The van der Waals surface area contributed by atoms with Crippen LogP contribution in [-0.4, -0.2) is 73.0 Å². The maximum absolute atomic E-state index is 13.2. The molecule has 0 bridgehead atoms. The van der Waals surface area contributed by atoms with Crippen LogP contribution in [0.1, 0.15) is 70.0 Å². The van der Waals surface area contributed by atoms with Crippen LogP contribution in [-0.2, 0) is 11.2 Å². The quantitative estimate of drug-likeness (QED) is 0.349. The van der Waals surface area contributed by atoms with Crippen molar-refractivity contribution in [2.75, 3.05) is 46.3 Å². The number of halogens is 2. The lowest BCUT2D eigenvalue weighted by Crippen LogP contribution is -2.50. The minimum Gasteiger partial charge on any atom is -0.341 e. The highest BCUT2D eigenvalue weighted by atomic mass is 79.9. The Hall–Kier alpha value is -2.09. The fourth-order valence-corrected chi connectivity index (χ4v) is 7.10. The van der Waals surface area contributed by atoms with Gasteiger partial charge in [-0.1, -0.05) is 46.1 Å². The Bertz CT molecular complexity index is 1180. The first-order valence-corrected chi connectivity index (χ1v) is 15.9. The molecule has 8 heteroatoms. The van der Waals surface area contributed by atoms with E-state index in [-0.39, 0.29) is 18.0 Å². The number of carbonyl (C=O) groups excluding carboxylic acids is 2. The predicted octanol–water partition coefficient (Wildman–Crippen LogP) is 6.86. The topological polar surface area (TPSA) is 55.9 Å². The van der Waals surface area contributed by atoms with Crippen LogP contribution in [0.15, 0.2) is 51.6 Å². The number of likely N-dealkylation sites (tertiary alicyclic amines) is 1. The van der Waals surface area contributed by atoms with E-state index in [1.54, 1.807) is 7.05 Å². The summed E-state index contributed by atoms with van der Waals surface area (Å²) in [6.45, 7) is 11.3. The monoisotopic (exact) mass is 630 g/mol. The summed E-state index contributed by atoms with van der Waals surface area (Å²) in [6.07, 6.45) is 9.85. The first-order valence-electron chi connectivity index (χ1n) is 14.7. The van der Waals surface area contributed by atoms with Gasteiger partial charge in [-0.3, -0.25) is 9.69 Å². The van der Waals surface area contributed by atoms with Gasteiger partial charge >= 0.3 is 6.03 Å². The number of piperidine rings is 1. The second-order valence-corrected chi connectivity index (χ2v) is 12.8. The lowest BCUT2D eigenvalue weighted by Gasteiger charge is -2.41. The molecule has 0 aromatic heterocycles. The average molecular weight is 632 g/mol. The van der Waals surface area contributed by atoms with Gasteiger partial charge < -0.3 is 15.1 Å². The van der Waals surface area contributed by atoms with Crippen LogP contribution in [0, 0.1) is 5.92 Å². The number of urea groups is 1. The Balaban J connectivity index is 1.46. The van der Waals surface area contributed by atoms with Crippen LogP contribution < -0.4 is 5.32 Å². The molecule has 218 valence electrons. The Morgan fingerprint density at radius 3 is 2.42 bits per heavy atom. The number of piperazine rings is 1. The maximum atomic E-state index is 13.2. The van der Waals surface area contributed by atoms with E-state index in [1.165, 1.54) is 27.8 Å². The number of carbonyl (C=O) groups is 2. The summed E-state index contributed by atoms with van der Waals surface area (Å²) >= 11 is 10.2. The smallest absolute Gasteiger partial charge is 0.317 e. The number of rotatable bonds is 6. The third kappa shape index (κ3) is 7.59. The molecule has 1 atom stereocenters. The van der Waals surface area contributed by atoms with Crippen molar-refractivity contribution in [3.05, 3.63) is 67.7 Å². The van der Waals surface area contributed by atoms with Crippen molar-refractivity contribution >= 4 is 39.5 Å². The molecule has 3 aliphatic rings. The molecular formula is C32H44BrClN4O2. The van der Waals surface area contributed by atoms with Crippen molar-refractivity contribution in [3.63, 3.8) is 0 Å². The second kappa shape index (κ2) is 14.2. The van der Waals surface area contributed by atoms with Gasteiger partial charge in [0, 0.05) is 62.2 Å². The third-order valence-corrected chi connectivity index (χ3v) is 9.54. The van der Waals surface area contributed by atoms with Crippen LogP contribution in [0.4, 0.5) is 4.79 Å². The van der Waals surface area contributed by atoms with Crippen molar-refractivity contribution < 1.29 is 9.59 Å². The zero-order valence-electron chi connectivity index (χ0n) is 24.4. The predicted molar refractivity (Wildman–Crippen MR) is 168 cm³/mol. The zero-order valence-corrected chi connectivity index (χ0v) is 26.8.